The van der Waals surface area contributed by atoms with Gasteiger partial charge in [0.05, 0.1) is 11.3 Å². The second-order valence-corrected chi connectivity index (χ2v) is 5.58. The molecule has 2 aliphatic heterocycles. The van der Waals surface area contributed by atoms with Crippen LogP contribution in [0.15, 0.2) is 12.1 Å². The van der Waals surface area contributed by atoms with Crippen molar-refractivity contribution in [1.29, 1.82) is 0 Å². The van der Waals surface area contributed by atoms with E-state index in [1.807, 2.05) is 0 Å². The zero-order chi connectivity index (χ0) is 14.8. The van der Waals surface area contributed by atoms with Crippen LogP contribution in [0.5, 0.6) is 0 Å². The van der Waals surface area contributed by atoms with Crippen LogP contribution in [-0.4, -0.2) is 30.5 Å². The number of carbonyl (C=O) groups is 1. The highest BCUT2D eigenvalue weighted by atomic mass is 16.6. The molecular formula is C14H18N4O3. The normalized spacial score (nSPS) is 20.2. The van der Waals surface area contributed by atoms with Crippen LogP contribution in [0.4, 0.5) is 17.1 Å². The first-order valence-electron chi connectivity index (χ1n) is 7.19. The number of carbonyl (C=O) groups excluding carboxylic acids is 1. The summed E-state index contributed by atoms with van der Waals surface area (Å²) in [5.41, 5.74) is 1.88. The molecule has 0 aromatic heterocycles. The Morgan fingerprint density at radius 3 is 3.00 bits per heavy atom. The third-order valence-corrected chi connectivity index (χ3v) is 4.07. The molecule has 21 heavy (non-hydrogen) atoms. The van der Waals surface area contributed by atoms with Gasteiger partial charge in [-0.15, -0.1) is 0 Å². The summed E-state index contributed by atoms with van der Waals surface area (Å²) >= 11 is 0. The van der Waals surface area contributed by atoms with Gasteiger partial charge in [-0.1, -0.05) is 0 Å². The van der Waals surface area contributed by atoms with Gasteiger partial charge in [0.1, 0.15) is 5.69 Å². The lowest BCUT2D eigenvalue weighted by Gasteiger charge is -2.11. The second-order valence-electron chi connectivity index (χ2n) is 5.58. The molecule has 0 radical (unpaired) electrons. The molecule has 1 amide bonds. The number of nitrogens with one attached hydrogen (secondary N) is 3. The van der Waals surface area contributed by atoms with E-state index < -0.39 is 4.92 Å². The van der Waals surface area contributed by atoms with Crippen molar-refractivity contribution in [3.63, 3.8) is 0 Å². The third-order valence-electron chi connectivity index (χ3n) is 4.07. The Hall–Kier alpha value is -2.15. The van der Waals surface area contributed by atoms with Crippen LogP contribution in [0.3, 0.4) is 0 Å². The van der Waals surface area contributed by atoms with E-state index in [2.05, 4.69) is 16.0 Å². The van der Waals surface area contributed by atoms with Crippen LogP contribution in [0, 0.1) is 16.0 Å². The maximum Gasteiger partial charge on any atom is 0.292 e. The number of rotatable bonds is 5. The average Bonchev–Trinajstić information content (AvgIpc) is 3.05. The smallest absolute Gasteiger partial charge is 0.292 e. The number of anilines is 2. The van der Waals surface area contributed by atoms with Gasteiger partial charge in [0.15, 0.2) is 0 Å². The Labute approximate surface area is 122 Å². The first kappa shape index (κ1) is 13.8. The predicted molar refractivity (Wildman–Crippen MR) is 79.5 cm³/mol. The minimum Gasteiger partial charge on any atom is -0.379 e. The SMILES string of the molecule is O=C1Cc2cc([N+](=O)[O-])c(NCCC3CCNC3)cc2N1. The van der Waals surface area contributed by atoms with Crippen molar-refractivity contribution in [1.82, 2.24) is 5.32 Å². The minimum absolute atomic E-state index is 0.0368. The Kier molecular flexibility index (Phi) is 3.74. The Morgan fingerprint density at radius 1 is 1.43 bits per heavy atom. The maximum absolute atomic E-state index is 11.4. The van der Waals surface area contributed by atoms with Crippen molar-refractivity contribution in [2.45, 2.75) is 19.3 Å². The fourth-order valence-electron chi connectivity index (χ4n) is 2.93. The van der Waals surface area contributed by atoms with E-state index in [4.69, 9.17) is 0 Å². The lowest BCUT2D eigenvalue weighted by Crippen LogP contribution is -2.13. The lowest BCUT2D eigenvalue weighted by atomic mass is 10.0. The number of amides is 1. The summed E-state index contributed by atoms with van der Waals surface area (Å²) in [6.45, 7) is 2.76. The van der Waals surface area contributed by atoms with Crippen LogP contribution in [0.2, 0.25) is 0 Å². The van der Waals surface area contributed by atoms with Gasteiger partial charge < -0.3 is 16.0 Å². The van der Waals surface area contributed by atoms with E-state index in [9.17, 15) is 14.9 Å². The molecule has 7 heteroatoms. The molecule has 1 fully saturated rings. The second kappa shape index (κ2) is 5.69. The summed E-state index contributed by atoms with van der Waals surface area (Å²) in [4.78, 5) is 22.1. The van der Waals surface area contributed by atoms with Gasteiger partial charge in [0.25, 0.3) is 5.69 Å². The number of benzene rings is 1. The zero-order valence-electron chi connectivity index (χ0n) is 11.6. The topological polar surface area (TPSA) is 96.3 Å². The molecule has 1 unspecified atom stereocenters. The lowest BCUT2D eigenvalue weighted by molar-refractivity contribution is -0.384. The van der Waals surface area contributed by atoms with Crippen molar-refractivity contribution in [3.8, 4) is 0 Å². The molecule has 1 aromatic rings. The fraction of sp³-hybridized carbons (Fsp3) is 0.500. The first-order chi connectivity index (χ1) is 10.1. The molecule has 0 saturated carbocycles. The van der Waals surface area contributed by atoms with Crippen molar-refractivity contribution >= 4 is 23.0 Å². The highest BCUT2D eigenvalue weighted by Crippen LogP contribution is 2.34. The quantitative estimate of drug-likeness (QED) is 0.564. The largest absolute Gasteiger partial charge is 0.379 e. The minimum atomic E-state index is -0.400. The maximum atomic E-state index is 11.4. The fourth-order valence-corrected chi connectivity index (χ4v) is 2.93. The molecule has 2 heterocycles. The van der Waals surface area contributed by atoms with Crippen LogP contribution in [0.1, 0.15) is 18.4 Å². The van der Waals surface area contributed by atoms with Gasteiger partial charge in [-0.25, -0.2) is 0 Å². The monoisotopic (exact) mass is 290 g/mol. The molecule has 0 aliphatic carbocycles. The van der Waals surface area contributed by atoms with E-state index in [-0.39, 0.29) is 18.0 Å². The highest BCUT2D eigenvalue weighted by molar-refractivity contribution is 6.00. The van der Waals surface area contributed by atoms with Gasteiger partial charge in [-0.2, -0.15) is 0 Å². The van der Waals surface area contributed by atoms with Crippen molar-refractivity contribution in [3.05, 3.63) is 27.8 Å². The number of fused-ring (bicyclic) bond motifs is 1. The third kappa shape index (κ3) is 2.97. The number of nitro benzene ring substituents is 1. The molecule has 2 aliphatic rings. The average molecular weight is 290 g/mol. The van der Waals surface area contributed by atoms with E-state index >= 15 is 0 Å². The summed E-state index contributed by atoms with van der Waals surface area (Å²) in [6.07, 6.45) is 2.35. The van der Waals surface area contributed by atoms with E-state index in [0.29, 0.717) is 29.4 Å². The first-order valence-corrected chi connectivity index (χ1v) is 7.19. The predicted octanol–water partition coefficient (Wildman–Crippen LogP) is 1.50. The Balaban J connectivity index is 1.72. The van der Waals surface area contributed by atoms with E-state index in [1.165, 1.54) is 6.07 Å². The van der Waals surface area contributed by atoms with Gasteiger partial charge in [0.2, 0.25) is 5.91 Å². The molecular weight excluding hydrogens is 272 g/mol. The summed E-state index contributed by atoms with van der Waals surface area (Å²) in [5.74, 6) is 0.513. The van der Waals surface area contributed by atoms with Gasteiger partial charge in [-0.05, 0) is 43.5 Å². The van der Waals surface area contributed by atoms with Crippen LogP contribution in [-0.2, 0) is 11.2 Å². The van der Waals surface area contributed by atoms with Crippen LogP contribution >= 0.6 is 0 Å². The standard InChI is InChI=1S/C14H18N4O3/c19-14-6-10-5-13(18(20)21)12(7-11(10)17-14)16-4-2-9-1-3-15-8-9/h5,7,9,15-16H,1-4,6,8H2,(H,17,19). The molecule has 1 aromatic carbocycles. The van der Waals surface area contributed by atoms with E-state index in [1.54, 1.807) is 6.07 Å². The molecule has 112 valence electrons. The number of hydrogen-bond acceptors (Lipinski definition) is 5. The molecule has 1 atom stereocenters. The molecule has 3 rings (SSSR count). The van der Waals surface area contributed by atoms with Crippen molar-refractivity contribution in [2.75, 3.05) is 30.3 Å². The molecule has 0 bridgehead atoms. The van der Waals surface area contributed by atoms with Gasteiger partial charge in [0, 0.05) is 18.3 Å². The van der Waals surface area contributed by atoms with Crippen molar-refractivity contribution in [2.24, 2.45) is 5.92 Å². The van der Waals surface area contributed by atoms with E-state index in [0.717, 1.165) is 25.9 Å². The Bertz CT molecular complexity index is 582. The summed E-state index contributed by atoms with van der Waals surface area (Å²) < 4.78 is 0. The Morgan fingerprint density at radius 2 is 2.29 bits per heavy atom. The molecule has 3 N–H and O–H groups in total. The molecule has 0 spiro atoms. The summed E-state index contributed by atoms with van der Waals surface area (Å²) in [5, 5.41) is 20.3. The zero-order valence-corrected chi connectivity index (χ0v) is 11.6. The highest BCUT2D eigenvalue weighted by Gasteiger charge is 2.24. The molecule has 1 saturated heterocycles. The number of hydrogen-bond donors (Lipinski definition) is 3. The number of nitrogens with zero attached hydrogens (tertiary/aromatic N) is 1. The van der Waals surface area contributed by atoms with Gasteiger partial charge >= 0.3 is 0 Å². The van der Waals surface area contributed by atoms with Gasteiger partial charge in [-0.3, -0.25) is 14.9 Å². The van der Waals surface area contributed by atoms with Crippen LogP contribution < -0.4 is 16.0 Å². The van der Waals surface area contributed by atoms with Crippen LogP contribution in [0.25, 0.3) is 0 Å². The number of nitro groups is 1. The summed E-state index contributed by atoms with van der Waals surface area (Å²) in [7, 11) is 0. The van der Waals surface area contributed by atoms with Crippen molar-refractivity contribution < 1.29 is 9.72 Å². The summed E-state index contributed by atoms with van der Waals surface area (Å²) in [6, 6.07) is 3.16. The molecule has 7 nitrogen and oxygen atoms in total.